The SMILES string of the molecule is CN(C)C(CNC(=O)[C@@H]1CCC[C@@H]1CN)C1CCCCC1. The van der Waals surface area contributed by atoms with E-state index in [1.807, 2.05) is 0 Å². The maximum Gasteiger partial charge on any atom is 0.223 e. The summed E-state index contributed by atoms with van der Waals surface area (Å²) < 4.78 is 0. The number of nitrogens with one attached hydrogen (secondary N) is 1. The lowest BCUT2D eigenvalue weighted by molar-refractivity contribution is -0.126. The molecule has 0 heterocycles. The first-order valence-electron chi connectivity index (χ1n) is 8.77. The van der Waals surface area contributed by atoms with E-state index in [1.54, 1.807) is 0 Å². The summed E-state index contributed by atoms with van der Waals surface area (Å²) in [6.45, 7) is 1.45. The Morgan fingerprint density at radius 2 is 1.86 bits per heavy atom. The molecule has 3 N–H and O–H groups in total. The second kappa shape index (κ2) is 8.14. The molecule has 0 aromatic rings. The summed E-state index contributed by atoms with van der Waals surface area (Å²) in [5.74, 6) is 1.54. The Hall–Kier alpha value is -0.610. The molecule has 4 nitrogen and oxygen atoms in total. The lowest BCUT2D eigenvalue weighted by Crippen LogP contribution is -2.47. The molecule has 0 saturated heterocycles. The van der Waals surface area contributed by atoms with E-state index < -0.39 is 0 Å². The molecular formula is C17H33N3O. The highest BCUT2D eigenvalue weighted by Crippen LogP contribution is 2.31. The second-order valence-corrected chi connectivity index (χ2v) is 7.21. The molecule has 21 heavy (non-hydrogen) atoms. The molecule has 1 amide bonds. The third kappa shape index (κ3) is 4.43. The van der Waals surface area contributed by atoms with E-state index in [0.717, 1.165) is 31.7 Å². The lowest BCUT2D eigenvalue weighted by atomic mass is 9.83. The number of amides is 1. The standard InChI is InChI=1S/C17H33N3O/c1-20(2)16(13-7-4-3-5-8-13)12-19-17(21)15-10-6-9-14(15)11-18/h13-16H,3-12,18H2,1-2H3,(H,19,21)/t14-,15-,16?/m1/s1. The average Bonchev–Trinajstić information content (AvgIpc) is 2.96. The quantitative estimate of drug-likeness (QED) is 0.788. The largest absolute Gasteiger partial charge is 0.354 e. The molecular weight excluding hydrogens is 262 g/mol. The minimum Gasteiger partial charge on any atom is -0.354 e. The van der Waals surface area contributed by atoms with Gasteiger partial charge in [-0.1, -0.05) is 25.7 Å². The van der Waals surface area contributed by atoms with Crippen LogP contribution in [0.5, 0.6) is 0 Å². The summed E-state index contributed by atoms with van der Waals surface area (Å²) in [7, 11) is 4.29. The first-order chi connectivity index (χ1) is 10.1. The molecule has 1 unspecified atom stereocenters. The second-order valence-electron chi connectivity index (χ2n) is 7.21. The van der Waals surface area contributed by atoms with Gasteiger partial charge >= 0.3 is 0 Å². The summed E-state index contributed by atoms with van der Waals surface area (Å²) in [6.07, 6.45) is 9.99. The van der Waals surface area contributed by atoms with Gasteiger partial charge in [-0.2, -0.15) is 0 Å². The Labute approximate surface area is 129 Å². The van der Waals surface area contributed by atoms with Crippen LogP contribution in [0.4, 0.5) is 0 Å². The van der Waals surface area contributed by atoms with E-state index in [4.69, 9.17) is 5.73 Å². The minimum absolute atomic E-state index is 0.157. The summed E-state index contributed by atoms with van der Waals surface area (Å²) in [6, 6.07) is 0.479. The number of hydrogen-bond acceptors (Lipinski definition) is 3. The monoisotopic (exact) mass is 295 g/mol. The third-order valence-corrected chi connectivity index (χ3v) is 5.64. The van der Waals surface area contributed by atoms with Crippen LogP contribution in [0.1, 0.15) is 51.4 Å². The van der Waals surface area contributed by atoms with Crippen LogP contribution in [0.25, 0.3) is 0 Å². The number of nitrogens with two attached hydrogens (primary N) is 1. The molecule has 2 saturated carbocycles. The van der Waals surface area contributed by atoms with Crippen LogP contribution in [-0.2, 0) is 4.79 Å². The van der Waals surface area contributed by atoms with Gasteiger partial charge in [-0.05, 0) is 58.2 Å². The fraction of sp³-hybridized carbons (Fsp3) is 0.941. The summed E-state index contributed by atoms with van der Waals surface area (Å²) in [5.41, 5.74) is 5.79. The Kier molecular flexibility index (Phi) is 6.49. The summed E-state index contributed by atoms with van der Waals surface area (Å²) in [4.78, 5) is 14.7. The van der Waals surface area contributed by atoms with Crippen molar-refractivity contribution in [1.82, 2.24) is 10.2 Å². The number of carbonyl (C=O) groups excluding carboxylic acids is 1. The van der Waals surface area contributed by atoms with Gasteiger partial charge in [0.25, 0.3) is 0 Å². The van der Waals surface area contributed by atoms with Crippen LogP contribution in [0, 0.1) is 17.8 Å². The van der Waals surface area contributed by atoms with Gasteiger partial charge in [0.2, 0.25) is 5.91 Å². The van der Waals surface area contributed by atoms with Crippen LogP contribution in [0.3, 0.4) is 0 Å². The van der Waals surface area contributed by atoms with E-state index in [-0.39, 0.29) is 11.8 Å². The Morgan fingerprint density at radius 1 is 1.14 bits per heavy atom. The number of nitrogens with zero attached hydrogens (tertiary/aromatic N) is 1. The van der Waals surface area contributed by atoms with Crippen molar-refractivity contribution < 1.29 is 4.79 Å². The van der Waals surface area contributed by atoms with E-state index in [9.17, 15) is 4.79 Å². The zero-order valence-corrected chi connectivity index (χ0v) is 13.8. The molecule has 2 fully saturated rings. The Bertz CT molecular complexity index is 326. The molecule has 0 aromatic heterocycles. The number of carbonyl (C=O) groups is 1. The number of rotatable bonds is 6. The zero-order chi connectivity index (χ0) is 15.2. The van der Waals surface area contributed by atoms with E-state index in [2.05, 4.69) is 24.3 Å². The first-order valence-corrected chi connectivity index (χ1v) is 8.77. The lowest BCUT2D eigenvalue weighted by Gasteiger charge is -2.35. The summed E-state index contributed by atoms with van der Waals surface area (Å²) >= 11 is 0. The van der Waals surface area contributed by atoms with Gasteiger partial charge in [-0.15, -0.1) is 0 Å². The highest BCUT2D eigenvalue weighted by Gasteiger charge is 2.33. The molecule has 3 atom stereocenters. The molecule has 2 aliphatic carbocycles. The fourth-order valence-corrected chi connectivity index (χ4v) is 4.29. The van der Waals surface area contributed by atoms with Gasteiger partial charge in [-0.3, -0.25) is 4.79 Å². The van der Waals surface area contributed by atoms with Crippen molar-refractivity contribution in [3.63, 3.8) is 0 Å². The molecule has 0 spiro atoms. The molecule has 0 bridgehead atoms. The van der Waals surface area contributed by atoms with E-state index >= 15 is 0 Å². The van der Waals surface area contributed by atoms with Crippen molar-refractivity contribution in [3.8, 4) is 0 Å². The van der Waals surface area contributed by atoms with Crippen molar-refractivity contribution in [2.24, 2.45) is 23.5 Å². The van der Waals surface area contributed by atoms with Crippen molar-refractivity contribution in [2.75, 3.05) is 27.2 Å². The van der Waals surface area contributed by atoms with Crippen molar-refractivity contribution in [2.45, 2.75) is 57.4 Å². The predicted molar refractivity (Wildman–Crippen MR) is 86.9 cm³/mol. The number of likely N-dealkylation sites (N-methyl/N-ethyl adjacent to an activating group) is 1. The first kappa shape index (κ1) is 16.8. The Balaban J connectivity index is 1.84. The van der Waals surface area contributed by atoms with Gasteiger partial charge in [0.05, 0.1) is 0 Å². The topological polar surface area (TPSA) is 58.4 Å². The van der Waals surface area contributed by atoms with Gasteiger partial charge in [0.1, 0.15) is 0 Å². The molecule has 0 radical (unpaired) electrons. The molecule has 2 aliphatic rings. The molecule has 2 rings (SSSR count). The van der Waals surface area contributed by atoms with Crippen LogP contribution in [-0.4, -0.2) is 44.0 Å². The average molecular weight is 295 g/mol. The Morgan fingerprint density at radius 3 is 2.48 bits per heavy atom. The van der Waals surface area contributed by atoms with Crippen LogP contribution < -0.4 is 11.1 Å². The fourth-order valence-electron chi connectivity index (χ4n) is 4.29. The van der Waals surface area contributed by atoms with E-state index in [0.29, 0.717) is 18.5 Å². The predicted octanol–water partition coefficient (Wildman–Crippen LogP) is 1.99. The minimum atomic E-state index is 0.157. The van der Waals surface area contributed by atoms with Crippen LogP contribution >= 0.6 is 0 Å². The molecule has 0 aromatic carbocycles. The molecule has 0 aliphatic heterocycles. The van der Waals surface area contributed by atoms with Crippen LogP contribution in [0.15, 0.2) is 0 Å². The van der Waals surface area contributed by atoms with Gasteiger partial charge in [0, 0.05) is 18.5 Å². The van der Waals surface area contributed by atoms with Crippen molar-refractivity contribution >= 4 is 5.91 Å². The van der Waals surface area contributed by atoms with E-state index in [1.165, 1.54) is 32.1 Å². The van der Waals surface area contributed by atoms with Crippen LogP contribution in [0.2, 0.25) is 0 Å². The van der Waals surface area contributed by atoms with Crippen molar-refractivity contribution in [1.29, 1.82) is 0 Å². The maximum absolute atomic E-state index is 12.4. The smallest absolute Gasteiger partial charge is 0.223 e. The van der Waals surface area contributed by atoms with Gasteiger partial charge in [-0.25, -0.2) is 0 Å². The summed E-state index contributed by atoms with van der Waals surface area (Å²) in [5, 5.41) is 3.23. The van der Waals surface area contributed by atoms with Gasteiger partial charge < -0.3 is 16.0 Å². The highest BCUT2D eigenvalue weighted by molar-refractivity contribution is 5.79. The molecule has 4 heteroatoms. The van der Waals surface area contributed by atoms with Crippen molar-refractivity contribution in [3.05, 3.63) is 0 Å². The highest BCUT2D eigenvalue weighted by atomic mass is 16.1. The molecule has 122 valence electrons. The normalized spacial score (nSPS) is 28.8. The maximum atomic E-state index is 12.4. The zero-order valence-electron chi connectivity index (χ0n) is 13.8. The van der Waals surface area contributed by atoms with Gasteiger partial charge in [0.15, 0.2) is 0 Å². The third-order valence-electron chi connectivity index (χ3n) is 5.64. The number of hydrogen-bond donors (Lipinski definition) is 2.